The first-order valence-electron chi connectivity index (χ1n) is 9.42. The number of rotatable bonds is 8. The predicted octanol–water partition coefficient (Wildman–Crippen LogP) is 2.89. The van der Waals surface area contributed by atoms with E-state index in [2.05, 4.69) is 10.1 Å². The number of nitro benzene ring substituents is 1. The van der Waals surface area contributed by atoms with Crippen molar-refractivity contribution in [3.05, 3.63) is 51.0 Å². The van der Waals surface area contributed by atoms with Crippen molar-refractivity contribution in [2.75, 3.05) is 5.73 Å². The summed E-state index contributed by atoms with van der Waals surface area (Å²) >= 11 is 1.06. The Kier molecular flexibility index (Phi) is 6.80. The third-order valence-corrected chi connectivity index (χ3v) is 5.50. The highest BCUT2D eigenvalue weighted by Crippen LogP contribution is 2.34. The van der Waals surface area contributed by atoms with E-state index in [-0.39, 0.29) is 23.1 Å². The average molecular weight is 448 g/mol. The van der Waals surface area contributed by atoms with Gasteiger partial charge < -0.3 is 20.4 Å². The number of non-ortho nitro benzene ring substituents is 1. The lowest BCUT2D eigenvalue weighted by atomic mass is 9.85. The number of nitrogens with zero attached hydrogens (tertiary/aromatic N) is 3. The zero-order chi connectivity index (χ0) is 22.4. The van der Waals surface area contributed by atoms with Crippen molar-refractivity contribution >= 4 is 39.8 Å². The summed E-state index contributed by atoms with van der Waals surface area (Å²) in [6.07, 6.45) is 2.92. The van der Waals surface area contributed by atoms with Crippen LogP contribution in [0.15, 0.2) is 34.8 Å². The molecule has 31 heavy (non-hydrogen) atoms. The number of carboxylic acids is 1. The maximum Gasteiger partial charge on any atom is 0.360 e. The topological polar surface area (TPSA) is 167 Å². The molecule has 0 radical (unpaired) electrons. The van der Waals surface area contributed by atoms with E-state index in [0.29, 0.717) is 31.2 Å². The number of esters is 1. The summed E-state index contributed by atoms with van der Waals surface area (Å²) in [5.74, 6) is -2.03. The van der Waals surface area contributed by atoms with Crippen molar-refractivity contribution < 1.29 is 29.2 Å². The van der Waals surface area contributed by atoms with Gasteiger partial charge in [-0.2, -0.15) is 0 Å². The fraction of sp³-hybridized carbons (Fsp3) is 0.368. The van der Waals surface area contributed by atoms with Crippen molar-refractivity contribution in [2.24, 2.45) is 5.16 Å². The van der Waals surface area contributed by atoms with E-state index < -0.39 is 28.2 Å². The average Bonchev–Trinajstić information content (AvgIpc) is 3.18. The highest BCUT2D eigenvalue weighted by Gasteiger charge is 2.44. The first-order valence-corrected chi connectivity index (χ1v) is 10.3. The van der Waals surface area contributed by atoms with Gasteiger partial charge in [0.25, 0.3) is 5.69 Å². The van der Waals surface area contributed by atoms with Gasteiger partial charge in [-0.25, -0.2) is 14.6 Å². The molecule has 0 saturated heterocycles. The second kappa shape index (κ2) is 9.51. The van der Waals surface area contributed by atoms with Gasteiger partial charge in [0.15, 0.2) is 5.13 Å². The van der Waals surface area contributed by atoms with Gasteiger partial charge >= 0.3 is 11.9 Å². The maximum atomic E-state index is 12.9. The zero-order valence-corrected chi connectivity index (χ0v) is 17.2. The summed E-state index contributed by atoms with van der Waals surface area (Å²) in [7, 11) is 0. The number of oxime groups is 1. The molecule has 3 rings (SSSR count). The number of benzene rings is 1. The third kappa shape index (κ3) is 5.34. The molecule has 1 fully saturated rings. The maximum absolute atomic E-state index is 12.9. The molecule has 1 heterocycles. The number of nitro groups is 1. The van der Waals surface area contributed by atoms with E-state index in [4.69, 9.17) is 15.3 Å². The molecule has 3 N–H and O–H groups in total. The van der Waals surface area contributed by atoms with Crippen LogP contribution < -0.4 is 5.73 Å². The number of thiazole rings is 1. The van der Waals surface area contributed by atoms with E-state index in [1.165, 1.54) is 29.6 Å². The first-order chi connectivity index (χ1) is 14.8. The van der Waals surface area contributed by atoms with Gasteiger partial charge in [-0.1, -0.05) is 11.6 Å². The van der Waals surface area contributed by atoms with Crippen LogP contribution in [-0.2, 0) is 25.8 Å². The van der Waals surface area contributed by atoms with Gasteiger partial charge in [0.2, 0.25) is 11.3 Å². The molecule has 0 spiro atoms. The van der Waals surface area contributed by atoms with Crippen LogP contribution in [0, 0.1) is 10.1 Å². The van der Waals surface area contributed by atoms with E-state index in [1.807, 2.05) is 0 Å². The number of anilines is 1. The van der Waals surface area contributed by atoms with Crippen LogP contribution in [0.4, 0.5) is 10.8 Å². The molecule has 164 valence electrons. The van der Waals surface area contributed by atoms with E-state index in [0.717, 1.165) is 17.8 Å². The zero-order valence-electron chi connectivity index (χ0n) is 16.4. The number of aromatic nitrogens is 1. The van der Waals surface area contributed by atoms with Crippen LogP contribution >= 0.6 is 11.3 Å². The summed E-state index contributed by atoms with van der Waals surface area (Å²) < 4.78 is 5.39. The third-order valence-electron chi connectivity index (χ3n) is 4.83. The van der Waals surface area contributed by atoms with Crippen LogP contribution in [0.5, 0.6) is 0 Å². The number of hydrogen-bond donors (Lipinski definition) is 2. The molecule has 1 saturated carbocycles. The van der Waals surface area contributed by atoms with Gasteiger partial charge in [0, 0.05) is 30.4 Å². The van der Waals surface area contributed by atoms with Crippen molar-refractivity contribution in [1.29, 1.82) is 0 Å². The Hall–Kier alpha value is -3.54. The number of carbonyl (C=O) groups is 2. The quantitative estimate of drug-likeness (QED) is 0.267. The minimum atomic E-state index is -1.42. The molecular weight excluding hydrogens is 428 g/mol. The molecule has 0 atom stereocenters. The number of carboxylic acid groups (broad SMARTS) is 1. The molecule has 1 aliphatic rings. The predicted molar refractivity (Wildman–Crippen MR) is 110 cm³/mol. The minimum absolute atomic E-state index is 0.0419. The number of ether oxygens (including phenoxy) is 1. The summed E-state index contributed by atoms with van der Waals surface area (Å²) in [5, 5.41) is 25.6. The largest absolute Gasteiger partial charge is 0.476 e. The molecular formula is C19H20N4O7S. The van der Waals surface area contributed by atoms with Crippen LogP contribution in [-0.4, -0.2) is 38.3 Å². The smallest absolute Gasteiger partial charge is 0.360 e. The van der Waals surface area contributed by atoms with Crippen LogP contribution in [0.1, 0.15) is 43.4 Å². The van der Waals surface area contributed by atoms with Crippen LogP contribution in [0.25, 0.3) is 0 Å². The SMILES string of the molecule is Nc1nc(/C(=N/OC2(C(=O)OCc3ccc([N+](=O)[O-])cc3)CCCCC2)C(=O)O)cs1. The Labute approximate surface area is 180 Å². The monoisotopic (exact) mass is 448 g/mol. The number of nitrogens with two attached hydrogens (primary N) is 1. The Morgan fingerprint density at radius 1 is 1.26 bits per heavy atom. The van der Waals surface area contributed by atoms with Gasteiger partial charge in [0.1, 0.15) is 12.3 Å². The van der Waals surface area contributed by atoms with Crippen molar-refractivity contribution in [3.8, 4) is 0 Å². The lowest BCUT2D eigenvalue weighted by Gasteiger charge is -2.32. The van der Waals surface area contributed by atoms with Gasteiger partial charge in [-0.3, -0.25) is 10.1 Å². The molecule has 11 nitrogen and oxygen atoms in total. The highest BCUT2D eigenvalue weighted by molar-refractivity contribution is 7.13. The van der Waals surface area contributed by atoms with Crippen molar-refractivity contribution in [3.63, 3.8) is 0 Å². The van der Waals surface area contributed by atoms with E-state index >= 15 is 0 Å². The molecule has 1 aliphatic carbocycles. The molecule has 0 amide bonds. The minimum Gasteiger partial charge on any atom is -0.476 e. The second-order valence-corrected chi connectivity index (χ2v) is 7.85. The summed E-state index contributed by atoms with van der Waals surface area (Å²) in [5.41, 5.74) is 4.22. The summed E-state index contributed by atoms with van der Waals surface area (Å²) in [6, 6.07) is 5.62. The molecule has 1 aromatic carbocycles. The normalized spacial score (nSPS) is 15.8. The van der Waals surface area contributed by atoms with Gasteiger partial charge in [-0.05, 0) is 30.5 Å². The molecule has 0 bridgehead atoms. The lowest BCUT2D eigenvalue weighted by molar-refractivity contribution is -0.384. The van der Waals surface area contributed by atoms with E-state index in [9.17, 15) is 24.8 Å². The highest BCUT2D eigenvalue weighted by atomic mass is 32.1. The van der Waals surface area contributed by atoms with Gasteiger partial charge in [0.05, 0.1) is 4.92 Å². The number of carbonyl (C=O) groups excluding carboxylic acids is 1. The molecule has 0 aliphatic heterocycles. The molecule has 1 aromatic heterocycles. The van der Waals surface area contributed by atoms with Crippen LogP contribution in [0.3, 0.4) is 0 Å². The standard InChI is InChI=1S/C19H20N4O7S/c20-18-21-14(11-31-18)15(16(24)25)22-30-19(8-2-1-3-9-19)17(26)29-10-12-4-6-13(7-5-12)23(27)28/h4-7,11H,1-3,8-10H2,(H2,20,21)(H,24,25)/b22-15-. The fourth-order valence-electron chi connectivity index (χ4n) is 3.17. The summed E-state index contributed by atoms with van der Waals surface area (Å²) in [4.78, 5) is 44.1. The van der Waals surface area contributed by atoms with Gasteiger partial charge in [-0.15, -0.1) is 11.3 Å². The Morgan fingerprint density at radius 3 is 2.48 bits per heavy atom. The fourth-order valence-corrected chi connectivity index (χ4v) is 3.72. The molecule has 12 heteroatoms. The first kappa shape index (κ1) is 22.2. The van der Waals surface area contributed by atoms with Crippen molar-refractivity contribution in [2.45, 2.75) is 44.3 Å². The molecule has 0 unspecified atom stereocenters. The number of aliphatic carboxylic acids is 1. The van der Waals surface area contributed by atoms with E-state index in [1.54, 1.807) is 0 Å². The number of hydrogen-bond acceptors (Lipinski definition) is 10. The molecule has 2 aromatic rings. The van der Waals surface area contributed by atoms with Crippen molar-refractivity contribution in [1.82, 2.24) is 4.98 Å². The lowest BCUT2D eigenvalue weighted by Crippen LogP contribution is -2.44. The Balaban J connectivity index is 1.75. The summed E-state index contributed by atoms with van der Waals surface area (Å²) in [6.45, 7) is -0.111. The number of nitrogen functional groups attached to an aromatic ring is 1. The van der Waals surface area contributed by atoms with Crippen LogP contribution in [0.2, 0.25) is 0 Å². The Bertz CT molecular complexity index is 997. The Morgan fingerprint density at radius 2 is 1.94 bits per heavy atom. The second-order valence-electron chi connectivity index (χ2n) is 6.96.